The van der Waals surface area contributed by atoms with Crippen LogP contribution in [0.5, 0.6) is 0 Å². The van der Waals surface area contributed by atoms with Crippen molar-refractivity contribution in [2.75, 3.05) is 25.4 Å². The fourth-order valence-corrected chi connectivity index (χ4v) is 2.75. The predicted octanol–water partition coefficient (Wildman–Crippen LogP) is 2.59. The number of ether oxygens (including phenoxy) is 1. The van der Waals surface area contributed by atoms with Gasteiger partial charge in [0.2, 0.25) is 0 Å². The molecule has 0 spiro atoms. The Hall–Kier alpha value is -1.07. The number of anilines is 1. The lowest BCUT2D eigenvalue weighted by Gasteiger charge is -2.23. The molecule has 0 bridgehead atoms. The van der Waals surface area contributed by atoms with Crippen molar-refractivity contribution < 1.29 is 9.53 Å². The van der Waals surface area contributed by atoms with Gasteiger partial charge in [-0.2, -0.15) is 0 Å². The van der Waals surface area contributed by atoms with E-state index in [4.69, 9.17) is 10.5 Å². The molecule has 0 radical (unpaired) electrons. The highest BCUT2D eigenvalue weighted by atomic mass is 79.9. The number of rotatable bonds is 1. The van der Waals surface area contributed by atoms with E-state index in [2.05, 4.69) is 15.9 Å². The van der Waals surface area contributed by atoms with Crippen molar-refractivity contribution in [3.63, 3.8) is 0 Å². The first-order valence-electron chi connectivity index (χ1n) is 6.45. The van der Waals surface area contributed by atoms with Gasteiger partial charge in [0, 0.05) is 35.4 Å². The molecular weight excluding hydrogens is 308 g/mol. The number of amides is 1. The molecule has 0 aliphatic carbocycles. The number of benzene rings is 1. The van der Waals surface area contributed by atoms with Gasteiger partial charge in [0.1, 0.15) is 0 Å². The maximum absolute atomic E-state index is 12.6. The van der Waals surface area contributed by atoms with Crippen LogP contribution in [0.4, 0.5) is 5.69 Å². The number of hydrogen-bond acceptors (Lipinski definition) is 3. The van der Waals surface area contributed by atoms with Crippen LogP contribution in [0.2, 0.25) is 0 Å². The topological polar surface area (TPSA) is 55.6 Å². The molecule has 1 atom stereocenters. The van der Waals surface area contributed by atoms with Crippen LogP contribution in [-0.2, 0) is 4.74 Å². The molecule has 104 valence electrons. The maximum atomic E-state index is 12.6. The lowest BCUT2D eigenvalue weighted by atomic mass is 10.1. The SMILES string of the molecule is Cc1c(N)cc(Br)cc1C(=O)N1CCCOC(C)C1. The van der Waals surface area contributed by atoms with Gasteiger partial charge in [0.15, 0.2) is 0 Å². The van der Waals surface area contributed by atoms with E-state index < -0.39 is 0 Å². The summed E-state index contributed by atoms with van der Waals surface area (Å²) in [5.41, 5.74) is 8.06. The zero-order valence-electron chi connectivity index (χ0n) is 11.3. The normalized spacial score (nSPS) is 20.2. The molecular formula is C14H19BrN2O2. The molecule has 1 fully saturated rings. The molecule has 5 heteroatoms. The van der Waals surface area contributed by atoms with Crippen LogP contribution in [0.25, 0.3) is 0 Å². The summed E-state index contributed by atoms with van der Waals surface area (Å²) in [5, 5.41) is 0. The Balaban J connectivity index is 2.28. The quantitative estimate of drug-likeness (QED) is 0.807. The minimum atomic E-state index is 0.0304. The Kier molecular flexibility index (Phi) is 4.47. The zero-order chi connectivity index (χ0) is 14.0. The van der Waals surface area contributed by atoms with Crippen LogP contribution in [-0.4, -0.2) is 36.6 Å². The Morgan fingerprint density at radius 3 is 3.00 bits per heavy atom. The van der Waals surface area contributed by atoms with Crippen LogP contribution in [0, 0.1) is 6.92 Å². The molecule has 1 aliphatic heterocycles. The van der Waals surface area contributed by atoms with Gasteiger partial charge in [-0.3, -0.25) is 4.79 Å². The maximum Gasteiger partial charge on any atom is 0.254 e. The highest BCUT2D eigenvalue weighted by molar-refractivity contribution is 9.10. The summed E-state index contributed by atoms with van der Waals surface area (Å²) in [4.78, 5) is 14.5. The molecule has 0 aromatic heterocycles. The molecule has 1 aromatic carbocycles. The summed E-state index contributed by atoms with van der Waals surface area (Å²) in [6.07, 6.45) is 0.953. The Labute approximate surface area is 122 Å². The van der Waals surface area contributed by atoms with Crippen molar-refractivity contribution in [2.24, 2.45) is 0 Å². The Morgan fingerprint density at radius 2 is 2.26 bits per heavy atom. The minimum Gasteiger partial charge on any atom is -0.398 e. The van der Waals surface area contributed by atoms with E-state index in [0.29, 0.717) is 24.4 Å². The van der Waals surface area contributed by atoms with Gasteiger partial charge >= 0.3 is 0 Å². The number of halogens is 1. The smallest absolute Gasteiger partial charge is 0.254 e. The average molecular weight is 327 g/mol. The third kappa shape index (κ3) is 3.28. The second-order valence-corrected chi connectivity index (χ2v) is 5.87. The number of nitrogens with zero attached hydrogens (tertiary/aromatic N) is 1. The molecule has 1 saturated heterocycles. The van der Waals surface area contributed by atoms with Gasteiger partial charge in [-0.1, -0.05) is 15.9 Å². The van der Waals surface area contributed by atoms with E-state index in [-0.39, 0.29) is 12.0 Å². The number of carbonyl (C=O) groups is 1. The van der Waals surface area contributed by atoms with Gasteiger partial charge in [0.25, 0.3) is 5.91 Å². The summed E-state index contributed by atoms with van der Waals surface area (Å²) in [7, 11) is 0. The van der Waals surface area contributed by atoms with Crippen molar-refractivity contribution >= 4 is 27.5 Å². The molecule has 2 N–H and O–H groups in total. The third-order valence-electron chi connectivity index (χ3n) is 3.38. The molecule has 1 heterocycles. The number of nitrogen functional groups attached to an aromatic ring is 1. The van der Waals surface area contributed by atoms with E-state index in [1.165, 1.54) is 0 Å². The molecule has 1 amide bonds. The molecule has 1 unspecified atom stereocenters. The fraction of sp³-hybridized carbons (Fsp3) is 0.500. The zero-order valence-corrected chi connectivity index (χ0v) is 12.9. The van der Waals surface area contributed by atoms with Gasteiger partial charge in [-0.05, 0) is 38.0 Å². The van der Waals surface area contributed by atoms with Crippen molar-refractivity contribution in [3.05, 3.63) is 27.7 Å². The first-order chi connectivity index (χ1) is 8.99. The second kappa shape index (κ2) is 5.92. The van der Waals surface area contributed by atoms with Gasteiger partial charge in [-0.15, -0.1) is 0 Å². The van der Waals surface area contributed by atoms with E-state index >= 15 is 0 Å². The summed E-state index contributed by atoms with van der Waals surface area (Å²) in [5.74, 6) is 0.0304. The van der Waals surface area contributed by atoms with Crippen LogP contribution in [0.3, 0.4) is 0 Å². The highest BCUT2D eigenvalue weighted by Crippen LogP contribution is 2.24. The fourth-order valence-electron chi connectivity index (χ4n) is 2.27. The van der Waals surface area contributed by atoms with Crippen molar-refractivity contribution in [3.8, 4) is 0 Å². The lowest BCUT2D eigenvalue weighted by Crippen LogP contribution is -2.36. The van der Waals surface area contributed by atoms with Crippen LogP contribution in [0.1, 0.15) is 29.3 Å². The highest BCUT2D eigenvalue weighted by Gasteiger charge is 2.23. The second-order valence-electron chi connectivity index (χ2n) is 4.95. The van der Waals surface area contributed by atoms with Gasteiger partial charge < -0.3 is 15.4 Å². The molecule has 1 aromatic rings. The van der Waals surface area contributed by atoms with Crippen LogP contribution < -0.4 is 5.73 Å². The Morgan fingerprint density at radius 1 is 1.53 bits per heavy atom. The van der Waals surface area contributed by atoms with Crippen molar-refractivity contribution in [1.82, 2.24) is 4.90 Å². The molecule has 19 heavy (non-hydrogen) atoms. The number of nitrogens with two attached hydrogens (primary N) is 1. The molecule has 0 saturated carbocycles. The van der Waals surface area contributed by atoms with E-state index in [0.717, 1.165) is 23.0 Å². The summed E-state index contributed by atoms with van der Waals surface area (Å²) < 4.78 is 6.40. The molecule has 2 rings (SSSR count). The first kappa shape index (κ1) is 14.3. The summed E-state index contributed by atoms with van der Waals surface area (Å²) >= 11 is 3.39. The average Bonchev–Trinajstić information content (AvgIpc) is 2.57. The summed E-state index contributed by atoms with van der Waals surface area (Å²) in [6.45, 7) is 5.95. The van der Waals surface area contributed by atoms with Crippen LogP contribution in [0.15, 0.2) is 16.6 Å². The monoisotopic (exact) mass is 326 g/mol. The van der Waals surface area contributed by atoms with Crippen LogP contribution >= 0.6 is 15.9 Å². The molecule has 4 nitrogen and oxygen atoms in total. The largest absolute Gasteiger partial charge is 0.398 e. The van der Waals surface area contributed by atoms with E-state index in [9.17, 15) is 4.79 Å². The Bertz CT molecular complexity index is 491. The standard InChI is InChI=1S/C14H19BrN2O2/c1-9-8-17(4-3-5-19-9)14(18)12-6-11(15)7-13(16)10(12)2/h6-7,9H,3-5,8,16H2,1-2H3. The van der Waals surface area contributed by atoms with E-state index in [1.807, 2.05) is 30.9 Å². The lowest BCUT2D eigenvalue weighted by molar-refractivity contribution is 0.0562. The van der Waals surface area contributed by atoms with E-state index in [1.54, 1.807) is 0 Å². The van der Waals surface area contributed by atoms with Gasteiger partial charge in [0.05, 0.1) is 6.10 Å². The molecule has 1 aliphatic rings. The minimum absolute atomic E-state index is 0.0304. The summed E-state index contributed by atoms with van der Waals surface area (Å²) in [6, 6.07) is 3.66. The predicted molar refractivity (Wildman–Crippen MR) is 79.2 cm³/mol. The first-order valence-corrected chi connectivity index (χ1v) is 7.25. The van der Waals surface area contributed by atoms with Crippen molar-refractivity contribution in [1.29, 1.82) is 0 Å². The van der Waals surface area contributed by atoms with Gasteiger partial charge in [-0.25, -0.2) is 0 Å². The third-order valence-corrected chi connectivity index (χ3v) is 3.84. The number of hydrogen-bond donors (Lipinski definition) is 1. The van der Waals surface area contributed by atoms with Crippen molar-refractivity contribution in [2.45, 2.75) is 26.4 Å². The number of carbonyl (C=O) groups excluding carboxylic acids is 1.